The summed E-state index contributed by atoms with van der Waals surface area (Å²) in [5.41, 5.74) is 10.4. The second-order valence-corrected chi connectivity index (χ2v) is 8.93. The van der Waals surface area contributed by atoms with Gasteiger partial charge in [0.15, 0.2) is 5.69 Å². The minimum atomic E-state index is -3.44. The number of anilines is 1. The number of nitrogens with one attached hydrogen (secondary N) is 1. The van der Waals surface area contributed by atoms with Crippen LogP contribution in [0.5, 0.6) is 0 Å². The Kier molecular flexibility index (Phi) is 5.51. The van der Waals surface area contributed by atoms with E-state index in [4.69, 9.17) is 5.73 Å². The molecule has 142 valence electrons. The highest BCUT2D eigenvalue weighted by Gasteiger charge is 2.42. The van der Waals surface area contributed by atoms with Crippen LogP contribution in [0.2, 0.25) is 0 Å². The zero-order valence-electron chi connectivity index (χ0n) is 15.7. The molecule has 0 saturated heterocycles. The molecule has 0 aliphatic carbocycles. The molecule has 1 aliphatic heterocycles. The van der Waals surface area contributed by atoms with Gasteiger partial charge in [0, 0.05) is 37.0 Å². The third-order valence-corrected chi connectivity index (χ3v) is 7.16. The van der Waals surface area contributed by atoms with Crippen LogP contribution in [0.15, 0.2) is 72.5 Å². The normalized spacial score (nSPS) is 19.6. The molecular formula is C21H26N3O2S+. The van der Waals surface area contributed by atoms with E-state index in [0.717, 1.165) is 28.1 Å². The van der Waals surface area contributed by atoms with E-state index in [1.807, 2.05) is 67.7 Å². The van der Waals surface area contributed by atoms with Crippen LogP contribution in [-0.2, 0) is 10.0 Å². The number of sulfonamides is 1. The van der Waals surface area contributed by atoms with E-state index in [1.54, 1.807) is 13.1 Å². The molecule has 1 unspecified atom stereocenters. The maximum Gasteiger partial charge on any atom is 0.306 e. The molecule has 1 atom stereocenters. The number of nitrogens with zero attached hydrogens (tertiary/aromatic N) is 1. The summed E-state index contributed by atoms with van der Waals surface area (Å²) in [5.74, 6) is 0.0519. The smallest absolute Gasteiger partial charge is 0.306 e. The maximum absolute atomic E-state index is 13.1. The summed E-state index contributed by atoms with van der Waals surface area (Å²) in [7, 11) is -1.56. The molecule has 0 bridgehead atoms. The molecule has 2 aromatic rings. The summed E-state index contributed by atoms with van der Waals surface area (Å²) >= 11 is 0. The van der Waals surface area contributed by atoms with Crippen molar-refractivity contribution in [1.82, 2.24) is 3.89 Å². The number of hydrogen-bond acceptors (Lipinski definition) is 4. The van der Waals surface area contributed by atoms with Gasteiger partial charge in [-0.3, -0.25) is 0 Å². The van der Waals surface area contributed by atoms with Crippen LogP contribution in [0.1, 0.15) is 6.92 Å². The van der Waals surface area contributed by atoms with Crippen molar-refractivity contribution in [3.63, 3.8) is 0 Å². The average molecular weight is 385 g/mol. The molecule has 3 rings (SSSR count). The lowest BCUT2D eigenvalue weighted by Crippen LogP contribution is -2.51. The Morgan fingerprint density at radius 2 is 1.85 bits per heavy atom. The molecule has 0 fully saturated rings. The molecule has 0 saturated carbocycles. The topological polar surface area (TPSA) is 72.2 Å². The summed E-state index contributed by atoms with van der Waals surface area (Å²) < 4.78 is 26.0. The second kappa shape index (κ2) is 7.68. The summed E-state index contributed by atoms with van der Waals surface area (Å²) in [4.78, 5) is 0. The molecule has 0 radical (unpaired) electrons. The third-order valence-electron chi connectivity index (χ3n) is 4.97. The molecule has 1 aliphatic rings. The fraction of sp³-hybridized carbons (Fsp3) is 0.238. The summed E-state index contributed by atoms with van der Waals surface area (Å²) in [6.45, 7) is 2.35. The monoisotopic (exact) mass is 384 g/mol. The number of benzene rings is 2. The van der Waals surface area contributed by atoms with Gasteiger partial charge in [0.25, 0.3) is 0 Å². The quantitative estimate of drug-likeness (QED) is 0.748. The molecule has 5 nitrogen and oxygen atoms in total. The number of nitrogens with two attached hydrogens (primary N) is 1. The van der Waals surface area contributed by atoms with Crippen molar-refractivity contribution in [3.05, 3.63) is 72.5 Å². The van der Waals surface area contributed by atoms with E-state index >= 15 is 0 Å². The third kappa shape index (κ3) is 3.56. The van der Waals surface area contributed by atoms with E-state index in [0.29, 0.717) is 13.1 Å². The minimum absolute atomic E-state index is 0.0519. The lowest BCUT2D eigenvalue weighted by molar-refractivity contribution is 0.511. The van der Waals surface area contributed by atoms with Crippen LogP contribution in [0.4, 0.5) is 11.4 Å². The molecule has 27 heavy (non-hydrogen) atoms. The van der Waals surface area contributed by atoms with Crippen LogP contribution >= 0.6 is 0 Å². The van der Waals surface area contributed by atoms with Crippen molar-refractivity contribution in [3.8, 4) is 11.1 Å². The van der Waals surface area contributed by atoms with Gasteiger partial charge in [0.1, 0.15) is 12.7 Å². The van der Waals surface area contributed by atoms with Crippen LogP contribution in [0, 0.1) is 0 Å². The van der Waals surface area contributed by atoms with Gasteiger partial charge in [0.2, 0.25) is 0 Å². The molecule has 0 spiro atoms. The van der Waals surface area contributed by atoms with Gasteiger partial charge in [-0.1, -0.05) is 30.3 Å². The second-order valence-electron chi connectivity index (χ2n) is 6.54. The van der Waals surface area contributed by atoms with Gasteiger partial charge in [0.05, 0.1) is 5.75 Å². The molecule has 3 N–H and O–H groups in total. The molecule has 0 amide bonds. The van der Waals surface area contributed by atoms with Crippen molar-refractivity contribution < 1.29 is 8.42 Å². The first-order chi connectivity index (χ1) is 13.0. The van der Waals surface area contributed by atoms with E-state index in [2.05, 4.69) is 5.32 Å². The first-order valence-electron chi connectivity index (χ1n) is 9.03. The lowest BCUT2D eigenvalue weighted by atomic mass is 10.0. The highest BCUT2D eigenvalue weighted by Crippen LogP contribution is 2.35. The van der Waals surface area contributed by atoms with Crippen molar-refractivity contribution in [2.75, 3.05) is 31.2 Å². The maximum atomic E-state index is 13.1. The van der Waals surface area contributed by atoms with Gasteiger partial charge in [-0.15, -0.1) is 0 Å². The van der Waals surface area contributed by atoms with Crippen LogP contribution < -0.4 is 14.9 Å². The van der Waals surface area contributed by atoms with Gasteiger partial charge >= 0.3 is 10.0 Å². The Morgan fingerprint density at radius 1 is 1.11 bits per heavy atom. The molecule has 6 heteroatoms. The SMILES string of the molecule is CCS(=O)(=O)[N+]1(c2cccc(-c3ccc(NC)cc3)c2)C=C(CN)C=CC1. The van der Waals surface area contributed by atoms with Crippen LogP contribution in [-0.4, -0.2) is 34.3 Å². The first kappa shape index (κ1) is 19.4. The summed E-state index contributed by atoms with van der Waals surface area (Å²) in [5, 5.41) is 3.10. The van der Waals surface area contributed by atoms with Crippen molar-refractivity contribution >= 4 is 21.4 Å². The van der Waals surface area contributed by atoms with Crippen molar-refractivity contribution in [2.24, 2.45) is 5.73 Å². The summed E-state index contributed by atoms with van der Waals surface area (Å²) in [6, 6.07) is 15.8. The zero-order chi connectivity index (χ0) is 19.5. The van der Waals surface area contributed by atoms with Crippen LogP contribution in [0.25, 0.3) is 11.1 Å². The van der Waals surface area contributed by atoms with Gasteiger partial charge < -0.3 is 11.1 Å². The highest BCUT2D eigenvalue weighted by atomic mass is 32.2. The minimum Gasteiger partial charge on any atom is -0.388 e. The van der Waals surface area contributed by atoms with Gasteiger partial charge in [-0.2, -0.15) is 12.3 Å². The molecule has 2 aromatic carbocycles. The van der Waals surface area contributed by atoms with Crippen molar-refractivity contribution in [1.29, 1.82) is 0 Å². The Balaban J connectivity index is 2.14. The highest BCUT2D eigenvalue weighted by molar-refractivity contribution is 7.91. The van der Waals surface area contributed by atoms with Crippen LogP contribution in [0.3, 0.4) is 0 Å². The average Bonchev–Trinajstić information content (AvgIpc) is 2.73. The first-order valence-corrected chi connectivity index (χ1v) is 10.6. The Labute approximate surface area is 161 Å². The largest absolute Gasteiger partial charge is 0.388 e. The Bertz CT molecular complexity index is 979. The van der Waals surface area contributed by atoms with E-state index in [-0.39, 0.29) is 9.64 Å². The van der Waals surface area contributed by atoms with E-state index in [9.17, 15) is 8.42 Å². The fourth-order valence-electron chi connectivity index (χ4n) is 3.36. The Morgan fingerprint density at radius 3 is 2.48 bits per heavy atom. The molecule has 0 aromatic heterocycles. The lowest BCUT2D eigenvalue weighted by Gasteiger charge is -2.34. The molecule has 1 heterocycles. The predicted molar refractivity (Wildman–Crippen MR) is 114 cm³/mol. The van der Waals surface area contributed by atoms with E-state index < -0.39 is 10.0 Å². The number of quaternary nitrogens is 1. The predicted octanol–water partition coefficient (Wildman–Crippen LogP) is 3.46. The summed E-state index contributed by atoms with van der Waals surface area (Å²) in [6.07, 6.45) is 5.58. The number of rotatable bonds is 6. The van der Waals surface area contributed by atoms with E-state index in [1.165, 1.54) is 0 Å². The molecular weight excluding hydrogens is 358 g/mol. The Hall–Kier alpha value is -2.41. The van der Waals surface area contributed by atoms with Gasteiger partial charge in [-0.05, 0) is 36.3 Å². The standard InChI is InChI=1S/C21H26N3O2S/c1-3-27(25,26)24(13-5-6-17(15-22)16-24)21-8-4-7-19(14-21)18-9-11-20(23-2)12-10-18/h4-12,14,16,23H,3,13,15,22H2,1-2H3/q+1. The number of hydrogen-bond donors (Lipinski definition) is 2. The van der Waals surface area contributed by atoms with Gasteiger partial charge in [-0.25, -0.2) is 0 Å². The van der Waals surface area contributed by atoms with Crippen molar-refractivity contribution in [2.45, 2.75) is 6.92 Å². The fourth-order valence-corrected chi connectivity index (χ4v) is 4.86. The zero-order valence-corrected chi connectivity index (χ0v) is 16.5.